The van der Waals surface area contributed by atoms with Gasteiger partial charge in [-0.15, -0.1) is 0 Å². The molecule has 1 aromatic carbocycles. The smallest absolute Gasteiger partial charge is 0.211 e. The van der Waals surface area contributed by atoms with Gasteiger partial charge in [-0.3, -0.25) is 0 Å². The van der Waals surface area contributed by atoms with Crippen LogP contribution >= 0.6 is 11.6 Å². The minimum atomic E-state index is -3.10. The average molecular weight is 304 g/mol. The molecule has 0 radical (unpaired) electrons. The Morgan fingerprint density at radius 1 is 1.21 bits per heavy atom. The van der Waals surface area contributed by atoms with Crippen molar-refractivity contribution in [2.75, 3.05) is 43.1 Å². The van der Waals surface area contributed by atoms with Crippen molar-refractivity contribution in [3.8, 4) is 0 Å². The topological polar surface area (TPSA) is 66.6 Å². The molecule has 0 aromatic heterocycles. The van der Waals surface area contributed by atoms with E-state index in [0.29, 0.717) is 36.9 Å². The summed E-state index contributed by atoms with van der Waals surface area (Å²) in [6, 6.07) is 3.70. The van der Waals surface area contributed by atoms with Crippen LogP contribution in [0.15, 0.2) is 12.1 Å². The number of anilines is 2. The van der Waals surface area contributed by atoms with Gasteiger partial charge in [0, 0.05) is 31.9 Å². The number of sulfonamides is 1. The number of aryl methyl sites for hydroxylation is 1. The molecule has 0 atom stereocenters. The Morgan fingerprint density at radius 3 is 2.32 bits per heavy atom. The predicted octanol–water partition coefficient (Wildman–Crippen LogP) is 1.31. The van der Waals surface area contributed by atoms with E-state index in [0.717, 1.165) is 11.3 Å². The number of nitrogen functional groups attached to an aromatic ring is 1. The highest BCUT2D eigenvalue weighted by Crippen LogP contribution is 2.30. The molecule has 0 saturated carbocycles. The lowest BCUT2D eigenvalue weighted by atomic mass is 10.1. The van der Waals surface area contributed by atoms with E-state index in [9.17, 15) is 8.42 Å². The summed E-state index contributed by atoms with van der Waals surface area (Å²) in [5, 5.41) is 0.533. The monoisotopic (exact) mass is 303 g/mol. The van der Waals surface area contributed by atoms with Crippen LogP contribution in [0.5, 0.6) is 0 Å². The molecule has 7 heteroatoms. The van der Waals surface area contributed by atoms with Gasteiger partial charge in [0.1, 0.15) is 0 Å². The Labute approximate surface area is 119 Å². The number of piperazine rings is 1. The third-order valence-electron chi connectivity index (χ3n) is 3.36. The Hall–Kier alpha value is -0.980. The van der Waals surface area contributed by atoms with Crippen LogP contribution in [0.25, 0.3) is 0 Å². The van der Waals surface area contributed by atoms with Gasteiger partial charge >= 0.3 is 0 Å². The third-order valence-corrected chi connectivity index (χ3v) is 4.99. The zero-order valence-electron chi connectivity index (χ0n) is 11.1. The minimum Gasteiger partial charge on any atom is -0.398 e. The second-order valence-electron chi connectivity index (χ2n) is 4.81. The first-order valence-electron chi connectivity index (χ1n) is 6.05. The van der Waals surface area contributed by atoms with Crippen LogP contribution < -0.4 is 10.6 Å². The van der Waals surface area contributed by atoms with Crippen molar-refractivity contribution in [2.45, 2.75) is 6.92 Å². The minimum absolute atomic E-state index is 0.500. The molecule has 0 unspecified atom stereocenters. The van der Waals surface area contributed by atoms with Gasteiger partial charge in [0.15, 0.2) is 0 Å². The molecule has 0 aliphatic carbocycles. The van der Waals surface area contributed by atoms with E-state index in [1.807, 2.05) is 19.1 Å². The van der Waals surface area contributed by atoms with Gasteiger partial charge in [0.05, 0.1) is 17.0 Å². The van der Waals surface area contributed by atoms with Gasteiger partial charge in [-0.2, -0.15) is 4.31 Å². The maximum absolute atomic E-state index is 11.5. The van der Waals surface area contributed by atoms with Crippen molar-refractivity contribution in [2.24, 2.45) is 0 Å². The highest BCUT2D eigenvalue weighted by molar-refractivity contribution is 7.88. The molecule has 1 aromatic rings. The first-order valence-corrected chi connectivity index (χ1v) is 8.27. The standard InChI is InChI=1S/C12H18ClN3O2S/c1-9-7-11(14)10(13)8-12(9)15-3-5-16(6-4-15)19(2,17)18/h7-8H,3-6,14H2,1-2H3. The highest BCUT2D eigenvalue weighted by atomic mass is 35.5. The summed E-state index contributed by atoms with van der Waals surface area (Å²) in [5.74, 6) is 0. The SMILES string of the molecule is Cc1cc(N)c(Cl)cc1N1CCN(S(C)(=O)=O)CC1. The molecule has 2 N–H and O–H groups in total. The lowest BCUT2D eigenvalue weighted by molar-refractivity contribution is 0.388. The Morgan fingerprint density at radius 2 is 1.79 bits per heavy atom. The molecule has 1 saturated heterocycles. The number of nitrogens with zero attached hydrogens (tertiary/aromatic N) is 2. The number of hydrogen-bond donors (Lipinski definition) is 1. The molecule has 19 heavy (non-hydrogen) atoms. The summed E-state index contributed by atoms with van der Waals surface area (Å²) in [4.78, 5) is 2.14. The number of halogens is 1. The first kappa shape index (κ1) is 14.4. The molecule has 5 nitrogen and oxygen atoms in total. The van der Waals surface area contributed by atoms with Crippen LogP contribution in [0.4, 0.5) is 11.4 Å². The second-order valence-corrected chi connectivity index (χ2v) is 7.20. The molecule has 1 heterocycles. The summed E-state index contributed by atoms with van der Waals surface area (Å²) >= 11 is 6.05. The number of nitrogens with two attached hydrogens (primary N) is 1. The lowest BCUT2D eigenvalue weighted by Crippen LogP contribution is -2.48. The lowest BCUT2D eigenvalue weighted by Gasteiger charge is -2.35. The zero-order chi connectivity index (χ0) is 14.2. The Bertz CT molecular complexity index is 581. The molecule has 2 rings (SSSR count). The first-order chi connectivity index (χ1) is 8.79. The zero-order valence-corrected chi connectivity index (χ0v) is 12.6. The van der Waals surface area contributed by atoms with Crippen molar-refractivity contribution in [3.63, 3.8) is 0 Å². The maximum Gasteiger partial charge on any atom is 0.211 e. The quantitative estimate of drug-likeness (QED) is 0.837. The summed E-state index contributed by atoms with van der Waals surface area (Å²) in [6.07, 6.45) is 1.24. The predicted molar refractivity (Wildman–Crippen MR) is 79.2 cm³/mol. The van der Waals surface area contributed by atoms with Gasteiger partial charge in [-0.05, 0) is 24.6 Å². The van der Waals surface area contributed by atoms with Gasteiger partial charge in [-0.1, -0.05) is 11.6 Å². The average Bonchev–Trinajstić information content (AvgIpc) is 2.33. The molecular weight excluding hydrogens is 286 g/mol. The number of hydrogen-bond acceptors (Lipinski definition) is 4. The van der Waals surface area contributed by atoms with Crippen molar-refractivity contribution < 1.29 is 8.42 Å². The Balaban J connectivity index is 2.16. The van der Waals surface area contributed by atoms with Gasteiger partial charge in [0.2, 0.25) is 10.0 Å². The molecule has 106 valence electrons. The summed E-state index contributed by atoms with van der Waals surface area (Å²) in [5.41, 5.74) is 8.40. The van der Waals surface area contributed by atoms with Gasteiger partial charge < -0.3 is 10.6 Å². The molecule has 1 aliphatic rings. The van der Waals surface area contributed by atoms with Crippen LogP contribution in [0.1, 0.15) is 5.56 Å². The summed E-state index contributed by atoms with van der Waals surface area (Å²) < 4.78 is 24.4. The van der Waals surface area contributed by atoms with Gasteiger partial charge in [-0.25, -0.2) is 8.42 Å². The van der Waals surface area contributed by atoms with Gasteiger partial charge in [0.25, 0.3) is 0 Å². The Kier molecular flexibility index (Phi) is 3.94. The largest absolute Gasteiger partial charge is 0.398 e. The van der Waals surface area contributed by atoms with E-state index < -0.39 is 10.0 Å². The van der Waals surface area contributed by atoms with E-state index in [1.54, 1.807) is 0 Å². The van der Waals surface area contributed by atoms with E-state index in [1.165, 1.54) is 10.6 Å². The third kappa shape index (κ3) is 3.13. The number of benzene rings is 1. The van der Waals surface area contributed by atoms with Crippen LogP contribution in [-0.2, 0) is 10.0 Å². The molecule has 1 fully saturated rings. The van der Waals surface area contributed by atoms with E-state index in [-0.39, 0.29) is 0 Å². The fraction of sp³-hybridized carbons (Fsp3) is 0.500. The van der Waals surface area contributed by atoms with Crippen LogP contribution in [0.2, 0.25) is 5.02 Å². The van der Waals surface area contributed by atoms with Crippen molar-refractivity contribution >= 4 is 33.0 Å². The number of rotatable bonds is 2. The van der Waals surface area contributed by atoms with E-state index in [4.69, 9.17) is 17.3 Å². The van der Waals surface area contributed by atoms with Crippen LogP contribution in [0, 0.1) is 6.92 Å². The molecule has 0 bridgehead atoms. The molecule has 1 aliphatic heterocycles. The highest BCUT2D eigenvalue weighted by Gasteiger charge is 2.24. The maximum atomic E-state index is 11.5. The fourth-order valence-electron chi connectivity index (χ4n) is 2.29. The summed E-state index contributed by atoms with van der Waals surface area (Å²) in [6.45, 7) is 4.30. The van der Waals surface area contributed by atoms with E-state index >= 15 is 0 Å². The molecule has 0 amide bonds. The van der Waals surface area contributed by atoms with Crippen molar-refractivity contribution in [1.82, 2.24) is 4.31 Å². The normalized spacial score (nSPS) is 17.7. The van der Waals surface area contributed by atoms with E-state index in [2.05, 4.69) is 4.90 Å². The molecular formula is C12H18ClN3O2S. The van der Waals surface area contributed by atoms with Crippen LogP contribution in [-0.4, -0.2) is 45.2 Å². The molecule has 0 spiro atoms. The second kappa shape index (κ2) is 5.19. The van der Waals surface area contributed by atoms with Crippen molar-refractivity contribution in [1.29, 1.82) is 0 Å². The van der Waals surface area contributed by atoms with Crippen LogP contribution in [0.3, 0.4) is 0 Å². The van der Waals surface area contributed by atoms with Crippen molar-refractivity contribution in [3.05, 3.63) is 22.7 Å². The summed E-state index contributed by atoms with van der Waals surface area (Å²) in [7, 11) is -3.10. The fourth-order valence-corrected chi connectivity index (χ4v) is 3.28.